The standard InChI is InChI=1S/C12H18N2O2S/c1-3-5-8-14-17(15,16)12-9-11(13)7-6-10(12)4-2/h3,6-7,9,14H,1,4-5,8,13H2,2H3. The lowest BCUT2D eigenvalue weighted by atomic mass is 10.1. The van der Waals surface area contributed by atoms with E-state index in [1.165, 1.54) is 6.07 Å². The number of nitrogens with two attached hydrogens (primary N) is 1. The van der Waals surface area contributed by atoms with Crippen LogP contribution in [0.2, 0.25) is 0 Å². The van der Waals surface area contributed by atoms with Gasteiger partial charge in [0, 0.05) is 12.2 Å². The van der Waals surface area contributed by atoms with Gasteiger partial charge < -0.3 is 5.73 Å². The van der Waals surface area contributed by atoms with Gasteiger partial charge in [-0.3, -0.25) is 0 Å². The van der Waals surface area contributed by atoms with Crippen molar-refractivity contribution in [3.8, 4) is 0 Å². The first kappa shape index (κ1) is 13.7. The van der Waals surface area contributed by atoms with Crippen LogP contribution in [0.4, 0.5) is 5.69 Å². The van der Waals surface area contributed by atoms with Crippen molar-refractivity contribution in [3.63, 3.8) is 0 Å². The minimum absolute atomic E-state index is 0.268. The van der Waals surface area contributed by atoms with E-state index in [2.05, 4.69) is 11.3 Å². The molecule has 94 valence electrons. The fraction of sp³-hybridized carbons (Fsp3) is 0.333. The van der Waals surface area contributed by atoms with Gasteiger partial charge >= 0.3 is 0 Å². The normalized spacial score (nSPS) is 11.4. The molecule has 0 saturated heterocycles. The molecule has 0 heterocycles. The van der Waals surface area contributed by atoms with Gasteiger partial charge in [-0.2, -0.15) is 0 Å². The Morgan fingerprint density at radius 3 is 2.76 bits per heavy atom. The van der Waals surface area contributed by atoms with E-state index in [4.69, 9.17) is 5.73 Å². The molecule has 1 aromatic rings. The third kappa shape index (κ3) is 3.57. The number of nitrogen functional groups attached to an aromatic ring is 1. The molecule has 0 aliphatic heterocycles. The van der Waals surface area contributed by atoms with Crippen molar-refractivity contribution in [2.24, 2.45) is 0 Å². The van der Waals surface area contributed by atoms with E-state index in [0.717, 1.165) is 5.56 Å². The van der Waals surface area contributed by atoms with Crippen LogP contribution in [-0.4, -0.2) is 15.0 Å². The predicted octanol–water partition coefficient (Wildman–Crippen LogP) is 1.69. The molecule has 1 rings (SSSR count). The van der Waals surface area contributed by atoms with Crippen LogP contribution >= 0.6 is 0 Å². The van der Waals surface area contributed by atoms with Gasteiger partial charge in [-0.05, 0) is 30.5 Å². The molecule has 0 spiro atoms. The van der Waals surface area contributed by atoms with Gasteiger partial charge in [-0.25, -0.2) is 13.1 Å². The topological polar surface area (TPSA) is 72.2 Å². The van der Waals surface area contributed by atoms with E-state index in [1.807, 2.05) is 6.92 Å². The zero-order valence-corrected chi connectivity index (χ0v) is 10.8. The molecule has 0 atom stereocenters. The largest absolute Gasteiger partial charge is 0.399 e. The summed E-state index contributed by atoms with van der Waals surface area (Å²) in [5.41, 5.74) is 6.84. The molecule has 0 aliphatic carbocycles. The Kier molecular flexibility index (Phi) is 4.72. The molecule has 0 saturated carbocycles. The lowest BCUT2D eigenvalue weighted by Gasteiger charge is -2.10. The second-order valence-electron chi connectivity index (χ2n) is 3.70. The highest BCUT2D eigenvalue weighted by Gasteiger charge is 2.17. The molecule has 0 bridgehead atoms. The maximum absolute atomic E-state index is 12.0. The molecule has 4 nitrogen and oxygen atoms in total. The van der Waals surface area contributed by atoms with Crippen LogP contribution in [-0.2, 0) is 16.4 Å². The minimum atomic E-state index is -3.48. The number of nitrogens with one attached hydrogen (secondary N) is 1. The molecule has 17 heavy (non-hydrogen) atoms. The summed E-state index contributed by atoms with van der Waals surface area (Å²) < 4.78 is 26.6. The molecule has 0 aromatic heterocycles. The monoisotopic (exact) mass is 254 g/mol. The van der Waals surface area contributed by atoms with Crippen LogP contribution in [0.15, 0.2) is 35.7 Å². The number of hydrogen-bond donors (Lipinski definition) is 2. The average Bonchev–Trinajstić information content (AvgIpc) is 2.29. The number of benzene rings is 1. The number of aryl methyl sites for hydroxylation is 1. The molecule has 0 fully saturated rings. The molecule has 5 heteroatoms. The van der Waals surface area contributed by atoms with Crippen molar-refractivity contribution in [2.75, 3.05) is 12.3 Å². The van der Waals surface area contributed by atoms with Crippen LogP contribution in [0.25, 0.3) is 0 Å². The second-order valence-corrected chi connectivity index (χ2v) is 5.43. The maximum atomic E-state index is 12.0. The predicted molar refractivity (Wildman–Crippen MR) is 70.2 cm³/mol. The number of anilines is 1. The van der Waals surface area contributed by atoms with E-state index in [0.29, 0.717) is 25.1 Å². The zero-order valence-electron chi connectivity index (χ0n) is 9.94. The molecular weight excluding hydrogens is 236 g/mol. The number of sulfonamides is 1. The lowest BCUT2D eigenvalue weighted by molar-refractivity contribution is 0.581. The summed E-state index contributed by atoms with van der Waals surface area (Å²) in [6.45, 7) is 5.81. The molecule has 3 N–H and O–H groups in total. The fourth-order valence-corrected chi connectivity index (χ4v) is 2.88. The Balaban J connectivity index is 3.04. The first-order valence-electron chi connectivity index (χ1n) is 5.50. The highest BCUT2D eigenvalue weighted by Crippen LogP contribution is 2.19. The van der Waals surface area contributed by atoms with Gasteiger partial charge in [0.05, 0.1) is 4.90 Å². The van der Waals surface area contributed by atoms with Crippen molar-refractivity contribution in [2.45, 2.75) is 24.7 Å². The average molecular weight is 254 g/mol. The molecule has 0 unspecified atom stereocenters. The van der Waals surface area contributed by atoms with Gasteiger partial charge in [0.15, 0.2) is 0 Å². The van der Waals surface area contributed by atoms with Crippen molar-refractivity contribution in [1.29, 1.82) is 0 Å². The molecular formula is C12H18N2O2S. The van der Waals surface area contributed by atoms with Crippen LogP contribution < -0.4 is 10.5 Å². The van der Waals surface area contributed by atoms with E-state index in [1.54, 1.807) is 18.2 Å². The quantitative estimate of drug-likeness (QED) is 0.461. The summed E-state index contributed by atoms with van der Waals surface area (Å²) in [6.07, 6.45) is 2.92. The Hall–Kier alpha value is -1.33. The summed E-state index contributed by atoms with van der Waals surface area (Å²) >= 11 is 0. The minimum Gasteiger partial charge on any atom is -0.399 e. The van der Waals surface area contributed by atoms with Crippen LogP contribution in [0, 0.1) is 0 Å². The molecule has 0 radical (unpaired) electrons. The Morgan fingerprint density at radius 2 is 2.18 bits per heavy atom. The summed E-state index contributed by atoms with van der Waals surface area (Å²) in [7, 11) is -3.48. The number of hydrogen-bond acceptors (Lipinski definition) is 3. The lowest BCUT2D eigenvalue weighted by Crippen LogP contribution is -2.25. The van der Waals surface area contributed by atoms with Crippen LogP contribution in [0.5, 0.6) is 0 Å². The van der Waals surface area contributed by atoms with Gasteiger partial charge in [0.2, 0.25) is 10.0 Å². The van der Waals surface area contributed by atoms with Gasteiger partial charge in [-0.15, -0.1) is 6.58 Å². The van der Waals surface area contributed by atoms with Crippen LogP contribution in [0.1, 0.15) is 18.9 Å². The Labute approximate surface area is 103 Å². The Bertz CT molecular complexity index is 495. The molecule has 0 aliphatic rings. The summed E-state index contributed by atoms with van der Waals surface area (Å²) in [5.74, 6) is 0. The Morgan fingerprint density at radius 1 is 1.47 bits per heavy atom. The van der Waals surface area contributed by atoms with Crippen molar-refractivity contribution in [1.82, 2.24) is 4.72 Å². The first-order chi connectivity index (χ1) is 8.01. The highest BCUT2D eigenvalue weighted by molar-refractivity contribution is 7.89. The van der Waals surface area contributed by atoms with Crippen molar-refractivity contribution < 1.29 is 8.42 Å². The van der Waals surface area contributed by atoms with Crippen LogP contribution in [0.3, 0.4) is 0 Å². The second kappa shape index (κ2) is 5.84. The third-order valence-electron chi connectivity index (χ3n) is 2.40. The van der Waals surface area contributed by atoms with Gasteiger partial charge in [-0.1, -0.05) is 19.1 Å². The first-order valence-corrected chi connectivity index (χ1v) is 6.98. The van der Waals surface area contributed by atoms with E-state index < -0.39 is 10.0 Å². The van der Waals surface area contributed by atoms with Gasteiger partial charge in [0.1, 0.15) is 0 Å². The van der Waals surface area contributed by atoms with E-state index in [-0.39, 0.29) is 4.90 Å². The van der Waals surface area contributed by atoms with Crippen molar-refractivity contribution in [3.05, 3.63) is 36.4 Å². The molecule has 0 amide bonds. The maximum Gasteiger partial charge on any atom is 0.240 e. The summed E-state index contributed by atoms with van der Waals surface area (Å²) in [4.78, 5) is 0.268. The van der Waals surface area contributed by atoms with Crippen molar-refractivity contribution >= 4 is 15.7 Å². The fourth-order valence-electron chi connectivity index (χ4n) is 1.49. The third-order valence-corrected chi connectivity index (χ3v) is 3.95. The van der Waals surface area contributed by atoms with Gasteiger partial charge in [0.25, 0.3) is 0 Å². The SMILES string of the molecule is C=CCCNS(=O)(=O)c1cc(N)ccc1CC. The zero-order chi connectivity index (χ0) is 12.9. The summed E-state index contributed by atoms with van der Waals surface area (Å²) in [6, 6.07) is 4.95. The highest BCUT2D eigenvalue weighted by atomic mass is 32.2. The number of rotatable bonds is 6. The van der Waals surface area contributed by atoms with E-state index >= 15 is 0 Å². The van der Waals surface area contributed by atoms with E-state index in [9.17, 15) is 8.42 Å². The smallest absolute Gasteiger partial charge is 0.240 e. The summed E-state index contributed by atoms with van der Waals surface area (Å²) in [5, 5.41) is 0. The molecule has 1 aromatic carbocycles.